The van der Waals surface area contributed by atoms with Crippen molar-refractivity contribution in [1.82, 2.24) is 4.90 Å². The van der Waals surface area contributed by atoms with Gasteiger partial charge in [-0.25, -0.2) is 9.59 Å². The second-order valence-electron chi connectivity index (χ2n) is 1.24. The zero-order chi connectivity index (χ0) is 6.73. The van der Waals surface area contributed by atoms with Crippen molar-refractivity contribution >= 4 is 12.1 Å². The molecule has 0 unspecified atom stereocenters. The van der Waals surface area contributed by atoms with E-state index in [4.69, 9.17) is 0 Å². The molecule has 0 spiro atoms. The van der Waals surface area contributed by atoms with Crippen LogP contribution in [0.5, 0.6) is 0 Å². The van der Waals surface area contributed by atoms with Crippen molar-refractivity contribution in [2.75, 3.05) is 7.05 Å². The Kier molecular flexibility index (Phi) is 1.96. The van der Waals surface area contributed by atoms with Crippen LogP contribution in [0.2, 0.25) is 0 Å². The Balaban J connectivity index is 3.83. The number of primary amides is 2. The largest absolute Gasteiger partial charge is 0.472 e. The Hall–Kier alpha value is -1.10. The third-order valence-corrected chi connectivity index (χ3v) is 0.661. The predicted molar refractivity (Wildman–Crippen MR) is 27.2 cm³/mol. The summed E-state index contributed by atoms with van der Waals surface area (Å²) < 4.78 is 0. The second kappa shape index (κ2) is 2.27. The van der Waals surface area contributed by atoms with Crippen molar-refractivity contribution in [3.8, 4) is 0 Å². The normalized spacial score (nSPS) is 9.25. The molecule has 0 bridgehead atoms. The maximum Gasteiger partial charge on any atom is 0.472 e. The van der Waals surface area contributed by atoms with E-state index in [1.165, 1.54) is 7.05 Å². The molecule has 5 heteroatoms. The first kappa shape index (κ1) is 6.90. The number of imide groups is 1. The molecule has 1 radical (unpaired) electrons. The third kappa shape index (κ3) is 1.57. The predicted octanol–water partition coefficient (Wildman–Crippen LogP) is -1.09. The van der Waals surface area contributed by atoms with Crippen LogP contribution < -0.4 is 16.4 Å². The molecule has 0 aromatic heterocycles. The molecule has 0 rings (SSSR count). The van der Waals surface area contributed by atoms with Crippen LogP contribution in [0, 0.1) is 0 Å². The van der Waals surface area contributed by atoms with Crippen LogP contribution in [0.25, 0.3) is 0 Å². The molecule has 0 saturated heterocycles. The number of rotatable bonds is 0. The first-order valence-corrected chi connectivity index (χ1v) is 1.88. The van der Waals surface area contributed by atoms with Crippen LogP contribution in [0.1, 0.15) is 0 Å². The zero-order valence-electron chi connectivity index (χ0n) is 4.42. The van der Waals surface area contributed by atoms with E-state index in [0.29, 0.717) is 4.90 Å². The SMILES string of the molecule is C[N+](C(N)=O)C(N)=O. The standard InChI is InChI=1S/C3H7N3O2/c1-6(2(4)7)3(5)8/h1H3,(H2,4,7)(H2,5,8)/q+1. The minimum absolute atomic E-state index is 0.611. The first-order valence-electron chi connectivity index (χ1n) is 1.88. The molecule has 0 saturated carbocycles. The highest BCUT2D eigenvalue weighted by Crippen LogP contribution is 1.71. The fraction of sp³-hybridized carbons (Fsp3) is 0.333. The summed E-state index contributed by atoms with van der Waals surface area (Å²) in [5.41, 5.74) is 9.25. The highest BCUT2D eigenvalue weighted by molar-refractivity contribution is 5.94. The highest BCUT2D eigenvalue weighted by atomic mass is 16.2. The van der Waals surface area contributed by atoms with Gasteiger partial charge < -0.3 is 11.5 Å². The lowest BCUT2D eigenvalue weighted by Gasteiger charge is -1.89. The molecule has 0 fully saturated rings. The van der Waals surface area contributed by atoms with Crippen molar-refractivity contribution in [3.05, 3.63) is 0 Å². The van der Waals surface area contributed by atoms with Gasteiger partial charge >= 0.3 is 12.1 Å². The monoisotopic (exact) mass is 117 g/mol. The second-order valence-corrected chi connectivity index (χ2v) is 1.24. The van der Waals surface area contributed by atoms with E-state index in [1.54, 1.807) is 0 Å². The molecule has 0 heterocycles. The average molecular weight is 117 g/mol. The Morgan fingerprint density at radius 1 is 1.25 bits per heavy atom. The molecule has 0 aliphatic carbocycles. The fourth-order valence-electron chi connectivity index (χ4n) is 0.109. The van der Waals surface area contributed by atoms with Gasteiger partial charge in [0.25, 0.3) is 0 Å². The lowest BCUT2D eigenvalue weighted by atomic mass is 10.8. The van der Waals surface area contributed by atoms with E-state index >= 15 is 0 Å². The van der Waals surface area contributed by atoms with E-state index in [-0.39, 0.29) is 0 Å². The first-order chi connectivity index (χ1) is 3.55. The van der Waals surface area contributed by atoms with Crippen molar-refractivity contribution in [2.24, 2.45) is 11.5 Å². The van der Waals surface area contributed by atoms with Gasteiger partial charge in [0.05, 0.1) is 0 Å². The number of hydrogen-bond donors (Lipinski definition) is 2. The van der Waals surface area contributed by atoms with Crippen molar-refractivity contribution < 1.29 is 9.59 Å². The Labute approximate surface area is 46.2 Å². The van der Waals surface area contributed by atoms with Gasteiger partial charge in [-0.05, 0) is 0 Å². The number of urea groups is 2. The van der Waals surface area contributed by atoms with Crippen LogP contribution in [0.15, 0.2) is 0 Å². The lowest BCUT2D eigenvalue weighted by molar-refractivity contribution is 0.222. The fourth-order valence-corrected chi connectivity index (χ4v) is 0.109. The number of hydrogen-bond acceptors (Lipinski definition) is 2. The van der Waals surface area contributed by atoms with E-state index in [9.17, 15) is 9.59 Å². The third-order valence-electron chi connectivity index (χ3n) is 0.661. The molecule has 0 atom stereocenters. The number of amides is 4. The summed E-state index contributed by atoms with van der Waals surface area (Å²) >= 11 is 0. The number of carbonyl (C=O) groups excluding carboxylic acids is 2. The number of nitrogens with zero attached hydrogens (tertiary/aromatic N) is 1. The van der Waals surface area contributed by atoms with Crippen LogP contribution in [-0.4, -0.2) is 19.1 Å². The summed E-state index contributed by atoms with van der Waals surface area (Å²) in [6.07, 6.45) is 0. The lowest BCUT2D eigenvalue weighted by Crippen LogP contribution is -2.45. The Bertz CT molecular complexity index is 108. The van der Waals surface area contributed by atoms with Gasteiger partial charge in [-0.15, -0.1) is 0 Å². The molecule has 0 aliphatic rings. The number of nitrogens with two attached hydrogens (primary N) is 2. The van der Waals surface area contributed by atoms with Gasteiger partial charge in [0.1, 0.15) is 7.05 Å². The maximum atomic E-state index is 9.99. The van der Waals surface area contributed by atoms with Gasteiger partial charge in [0, 0.05) is 4.90 Å². The summed E-state index contributed by atoms with van der Waals surface area (Å²) in [6.45, 7) is 0. The molecule has 8 heavy (non-hydrogen) atoms. The Morgan fingerprint density at radius 3 is 1.50 bits per heavy atom. The van der Waals surface area contributed by atoms with Gasteiger partial charge in [-0.1, -0.05) is 0 Å². The summed E-state index contributed by atoms with van der Waals surface area (Å²) in [5.74, 6) is 0. The molecular formula is C3H7N3O2+. The summed E-state index contributed by atoms with van der Waals surface area (Å²) in [7, 11) is 1.20. The molecule has 4 N–H and O–H groups in total. The van der Waals surface area contributed by atoms with E-state index < -0.39 is 12.1 Å². The Morgan fingerprint density at radius 2 is 1.50 bits per heavy atom. The van der Waals surface area contributed by atoms with Gasteiger partial charge in [0.2, 0.25) is 0 Å². The molecule has 45 valence electrons. The van der Waals surface area contributed by atoms with Crippen molar-refractivity contribution in [3.63, 3.8) is 0 Å². The summed E-state index contributed by atoms with van der Waals surface area (Å²) in [4.78, 5) is 20.6. The van der Waals surface area contributed by atoms with Gasteiger partial charge in [-0.3, -0.25) is 0 Å². The van der Waals surface area contributed by atoms with E-state index in [1.807, 2.05) is 0 Å². The van der Waals surface area contributed by atoms with Gasteiger partial charge in [-0.2, -0.15) is 0 Å². The molecule has 5 nitrogen and oxygen atoms in total. The average Bonchev–Trinajstić information content (AvgIpc) is 1.64. The number of carbonyl (C=O) groups is 2. The topological polar surface area (TPSA) is 92.1 Å². The van der Waals surface area contributed by atoms with Crippen molar-refractivity contribution in [1.29, 1.82) is 0 Å². The minimum Gasteiger partial charge on any atom is -0.314 e. The zero-order valence-corrected chi connectivity index (χ0v) is 4.42. The van der Waals surface area contributed by atoms with E-state index in [0.717, 1.165) is 0 Å². The quantitative estimate of drug-likeness (QED) is 0.395. The summed E-state index contributed by atoms with van der Waals surface area (Å²) in [6, 6.07) is -1.70. The molecule has 0 aliphatic heterocycles. The van der Waals surface area contributed by atoms with Crippen LogP contribution in [0.4, 0.5) is 9.59 Å². The smallest absolute Gasteiger partial charge is 0.314 e. The molecular weight excluding hydrogens is 110 g/mol. The van der Waals surface area contributed by atoms with Crippen LogP contribution in [0.3, 0.4) is 0 Å². The van der Waals surface area contributed by atoms with E-state index in [2.05, 4.69) is 11.5 Å². The summed E-state index contributed by atoms with van der Waals surface area (Å²) in [5, 5.41) is 0. The van der Waals surface area contributed by atoms with Crippen LogP contribution in [-0.2, 0) is 0 Å². The molecule has 4 amide bonds. The molecule has 0 aromatic carbocycles. The minimum atomic E-state index is -0.850. The highest BCUT2D eigenvalue weighted by Gasteiger charge is 2.23. The van der Waals surface area contributed by atoms with Crippen molar-refractivity contribution in [2.45, 2.75) is 0 Å². The molecule has 0 aromatic rings. The van der Waals surface area contributed by atoms with Crippen LogP contribution >= 0.6 is 0 Å². The maximum absolute atomic E-state index is 9.99. The van der Waals surface area contributed by atoms with Gasteiger partial charge in [0.15, 0.2) is 0 Å².